The van der Waals surface area contributed by atoms with Crippen LogP contribution in [0.2, 0.25) is 0 Å². The minimum atomic E-state index is -4.80. The number of fused-ring (bicyclic) bond motifs is 2. The Morgan fingerprint density at radius 2 is 1.89 bits per heavy atom. The highest BCUT2D eigenvalue weighted by Gasteiger charge is 2.51. The standard InChI is InChI=1S/C23H28F3N3O4S2/c1-22(30,23(24,25)26)16-4-6-17(7-5-16)29-9-8-28(35(31,32)21-3-2-10-34-21)13-19(29)12-27-14-20-11-18(27)15-33-20/h2-7,10,18-20,30H,8-9,11-15H2,1H3/t18-,19?,20?,22?/m1/s1. The molecule has 0 radical (unpaired) electrons. The zero-order valence-corrected chi connectivity index (χ0v) is 20.8. The van der Waals surface area contributed by atoms with Gasteiger partial charge in [-0.05, 0) is 42.5 Å². The van der Waals surface area contributed by atoms with Gasteiger partial charge in [0, 0.05) is 44.5 Å². The Kier molecular flexibility index (Phi) is 6.42. The minimum Gasteiger partial charge on any atom is -0.376 e. The van der Waals surface area contributed by atoms with Crippen molar-refractivity contribution in [1.29, 1.82) is 0 Å². The molecule has 3 aliphatic heterocycles. The van der Waals surface area contributed by atoms with Gasteiger partial charge in [0.25, 0.3) is 10.0 Å². The summed E-state index contributed by atoms with van der Waals surface area (Å²) in [6, 6.07) is 9.16. The third kappa shape index (κ3) is 4.60. The highest BCUT2D eigenvalue weighted by Crippen LogP contribution is 2.39. The van der Waals surface area contributed by atoms with Crippen LogP contribution in [0.3, 0.4) is 0 Å². The molecule has 1 aromatic carbocycles. The maximum atomic E-state index is 13.3. The van der Waals surface area contributed by atoms with Crippen LogP contribution in [-0.4, -0.2) is 86.4 Å². The van der Waals surface area contributed by atoms with Crippen LogP contribution in [0.4, 0.5) is 18.9 Å². The molecule has 3 unspecified atom stereocenters. The number of rotatable bonds is 6. The highest BCUT2D eigenvalue weighted by molar-refractivity contribution is 7.91. The number of alkyl halides is 3. The Hall–Kier alpha value is -1.70. The fraction of sp³-hybridized carbons (Fsp3) is 0.565. The van der Waals surface area contributed by atoms with E-state index in [-0.39, 0.29) is 30.8 Å². The second-order valence-electron chi connectivity index (χ2n) is 9.56. The maximum Gasteiger partial charge on any atom is 0.421 e. The van der Waals surface area contributed by atoms with Gasteiger partial charge in [0.15, 0.2) is 5.60 Å². The zero-order chi connectivity index (χ0) is 25.0. The number of nitrogens with zero attached hydrogens (tertiary/aromatic N) is 3. The van der Waals surface area contributed by atoms with E-state index in [2.05, 4.69) is 9.80 Å². The van der Waals surface area contributed by atoms with E-state index in [0.717, 1.165) is 19.9 Å². The van der Waals surface area contributed by atoms with E-state index < -0.39 is 21.8 Å². The Morgan fingerprint density at radius 1 is 1.14 bits per heavy atom. The van der Waals surface area contributed by atoms with E-state index in [4.69, 9.17) is 4.74 Å². The third-order valence-electron chi connectivity index (χ3n) is 7.31. The molecule has 3 aliphatic rings. The number of thiophene rings is 1. The lowest BCUT2D eigenvalue weighted by molar-refractivity contribution is -0.258. The van der Waals surface area contributed by atoms with E-state index in [1.807, 2.05) is 0 Å². The van der Waals surface area contributed by atoms with Gasteiger partial charge in [-0.1, -0.05) is 18.2 Å². The van der Waals surface area contributed by atoms with Crippen LogP contribution in [0.15, 0.2) is 46.0 Å². The van der Waals surface area contributed by atoms with E-state index >= 15 is 0 Å². The van der Waals surface area contributed by atoms with Crippen molar-refractivity contribution in [3.8, 4) is 0 Å². The smallest absolute Gasteiger partial charge is 0.376 e. The van der Waals surface area contributed by atoms with E-state index in [0.29, 0.717) is 35.6 Å². The second kappa shape index (κ2) is 9.00. The van der Waals surface area contributed by atoms with Crippen molar-refractivity contribution in [2.45, 2.75) is 47.5 Å². The number of aliphatic hydroxyl groups is 1. The predicted octanol–water partition coefficient (Wildman–Crippen LogP) is 2.87. The first kappa shape index (κ1) is 25.0. The van der Waals surface area contributed by atoms with Crippen molar-refractivity contribution < 1.29 is 31.4 Å². The Morgan fingerprint density at radius 3 is 2.46 bits per heavy atom. The predicted molar refractivity (Wildman–Crippen MR) is 126 cm³/mol. The van der Waals surface area contributed by atoms with Gasteiger partial charge in [0.1, 0.15) is 4.21 Å². The topological polar surface area (TPSA) is 73.3 Å². The Labute approximate surface area is 206 Å². The molecule has 0 aliphatic carbocycles. The molecule has 0 saturated carbocycles. The van der Waals surface area contributed by atoms with Gasteiger partial charge in [0.2, 0.25) is 0 Å². The molecule has 5 rings (SSSR count). The second-order valence-corrected chi connectivity index (χ2v) is 12.7. The molecule has 12 heteroatoms. The number of sulfonamides is 1. The summed E-state index contributed by atoms with van der Waals surface area (Å²) in [7, 11) is -3.62. The molecule has 2 aromatic rings. The van der Waals surface area contributed by atoms with Crippen LogP contribution in [0.5, 0.6) is 0 Å². The third-order valence-corrected chi connectivity index (χ3v) is 10.5. The SMILES string of the molecule is CC(O)(c1ccc(N2CCN(S(=O)(=O)c3cccs3)CC2CN2CC3C[C@@H]2CO3)cc1)C(F)(F)F. The molecule has 35 heavy (non-hydrogen) atoms. The lowest BCUT2D eigenvalue weighted by Crippen LogP contribution is -2.59. The molecule has 192 valence electrons. The van der Waals surface area contributed by atoms with Gasteiger partial charge in [-0.15, -0.1) is 11.3 Å². The van der Waals surface area contributed by atoms with Gasteiger partial charge in [-0.25, -0.2) is 8.42 Å². The fourth-order valence-corrected chi connectivity index (χ4v) is 7.81. The van der Waals surface area contributed by atoms with Crippen molar-refractivity contribution >= 4 is 27.0 Å². The average molecular weight is 532 g/mol. The largest absolute Gasteiger partial charge is 0.421 e. The molecule has 7 nitrogen and oxygen atoms in total. The number of halogens is 3. The van der Waals surface area contributed by atoms with Gasteiger partial charge in [0.05, 0.1) is 18.8 Å². The Balaban J connectivity index is 1.40. The summed E-state index contributed by atoms with van der Waals surface area (Å²) in [6.07, 6.45) is -3.63. The number of morpholine rings is 1. The van der Waals surface area contributed by atoms with Crippen molar-refractivity contribution in [1.82, 2.24) is 9.21 Å². The van der Waals surface area contributed by atoms with Crippen molar-refractivity contribution in [3.05, 3.63) is 47.3 Å². The number of anilines is 1. The van der Waals surface area contributed by atoms with Crippen molar-refractivity contribution in [2.24, 2.45) is 0 Å². The quantitative estimate of drug-likeness (QED) is 0.618. The highest BCUT2D eigenvalue weighted by atomic mass is 32.2. The molecular formula is C23H28F3N3O4S2. The lowest BCUT2D eigenvalue weighted by Gasteiger charge is -2.44. The summed E-state index contributed by atoms with van der Waals surface area (Å²) in [5, 5.41) is 11.7. The molecule has 1 aromatic heterocycles. The minimum absolute atomic E-state index is 0.188. The van der Waals surface area contributed by atoms with Crippen LogP contribution in [0, 0.1) is 0 Å². The number of benzene rings is 1. The van der Waals surface area contributed by atoms with Crippen LogP contribution in [-0.2, 0) is 20.4 Å². The normalized spacial score (nSPS) is 27.9. The molecular weight excluding hydrogens is 503 g/mol. The molecule has 3 saturated heterocycles. The average Bonchev–Trinajstić information content (AvgIpc) is 3.57. The van der Waals surface area contributed by atoms with Crippen LogP contribution in [0.1, 0.15) is 18.9 Å². The number of hydrogen-bond donors (Lipinski definition) is 1. The summed E-state index contributed by atoms with van der Waals surface area (Å²) in [4.78, 5) is 4.40. The fourth-order valence-electron chi connectivity index (χ4n) is 5.19. The Bertz CT molecular complexity index is 1140. The summed E-state index contributed by atoms with van der Waals surface area (Å²) >= 11 is 1.18. The van der Waals surface area contributed by atoms with Crippen LogP contribution < -0.4 is 4.90 Å². The monoisotopic (exact) mass is 531 g/mol. The van der Waals surface area contributed by atoms with Gasteiger partial charge >= 0.3 is 6.18 Å². The number of piperazine rings is 1. The lowest BCUT2D eigenvalue weighted by atomic mass is 9.95. The number of ether oxygens (including phenoxy) is 1. The first-order valence-corrected chi connectivity index (χ1v) is 13.8. The summed E-state index contributed by atoms with van der Waals surface area (Å²) in [5.41, 5.74) is -2.49. The van der Waals surface area contributed by atoms with Crippen LogP contribution >= 0.6 is 11.3 Å². The van der Waals surface area contributed by atoms with E-state index in [1.54, 1.807) is 29.6 Å². The molecule has 3 fully saturated rings. The molecule has 0 amide bonds. The molecule has 1 N–H and O–H groups in total. The maximum absolute atomic E-state index is 13.3. The molecule has 4 heterocycles. The summed E-state index contributed by atoms with van der Waals surface area (Å²) in [5.74, 6) is 0. The van der Waals surface area contributed by atoms with E-state index in [9.17, 15) is 26.7 Å². The first-order chi connectivity index (χ1) is 16.5. The van der Waals surface area contributed by atoms with Crippen LogP contribution in [0.25, 0.3) is 0 Å². The summed E-state index contributed by atoms with van der Waals surface area (Å²) in [6.45, 7) is 3.77. The van der Waals surface area contributed by atoms with Crippen molar-refractivity contribution in [3.63, 3.8) is 0 Å². The van der Waals surface area contributed by atoms with Crippen molar-refractivity contribution in [2.75, 3.05) is 44.2 Å². The first-order valence-electron chi connectivity index (χ1n) is 11.5. The number of hydrogen-bond acceptors (Lipinski definition) is 7. The zero-order valence-electron chi connectivity index (χ0n) is 19.2. The number of likely N-dealkylation sites (tertiary alicyclic amines) is 1. The van der Waals surface area contributed by atoms with Gasteiger partial charge in [-0.3, -0.25) is 4.90 Å². The van der Waals surface area contributed by atoms with Gasteiger partial charge < -0.3 is 14.7 Å². The molecule has 0 spiro atoms. The van der Waals surface area contributed by atoms with E-state index in [1.165, 1.54) is 27.8 Å². The van der Waals surface area contributed by atoms with Gasteiger partial charge in [-0.2, -0.15) is 17.5 Å². The summed E-state index contributed by atoms with van der Waals surface area (Å²) < 4.78 is 73.7. The molecule has 4 atom stereocenters. The molecule has 2 bridgehead atoms.